The summed E-state index contributed by atoms with van der Waals surface area (Å²) in [6, 6.07) is 0.332. The highest BCUT2D eigenvalue weighted by atomic mass is 16.3. The Bertz CT molecular complexity index is 442. The number of nitrogens with zero attached hydrogens (tertiary/aromatic N) is 3. The molecule has 118 valence electrons. The lowest BCUT2D eigenvalue weighted by molar-refractivity contribution is 0.0938. The Labute approximate surface area is 125 Å². The van der Waals surface area contributed by atoms with Gasteiger partial charge in [0.1, 0.15) is 0 Å². The molecule has 1 fully saturated rings. The second kappa shape index (κ2) is 8.09. The zero-order valence-corrected chi connectivity index (χ0v) is 12.6. The van der Waals surface area contributed by atoms with Gasteiger partial charge in [-0.3, -0.25) is 4.79 Å². The van der Waals surface area contributed by atoms with Crippen molar-refractivity contribution >= 4 is 5.91 Å². The van der Waals surface area contributed by atoms with Crippen LogP contribution in [-0.4, -0.2) is 52.2 Å². The van der Waals surface area contributed by atoms with Gasteiger partial charge in [-0.2, -0.15) is 0 Å². The van der Waals surface area contributed by atoms with Crippen LogP contribution in [0.25, 0.3) is 0 Å². The van der Waals surface area contributed by atoms with Crippen molar-refractivity contribution in [3.8, 4) is 0 Å². The Morgan fingerprint density at radius 1 is 1.57 bits per heavy atom. The summed E-state index contributed by atoms with van der Waals surface area (Å²) in [5, 5.41) is 23.2. The van der Waals surface area contributed by atoms with Crippen LogP contribution in [0.5, 0.6) is 0 Å². The largest absolute Gasteiger partial charge is 0.396 e. The summed E-state index contributed by atoms with van der Waals surface area (Å²) in [6.45, 7) is 4.73. The van der Waals surface area contributed by atoms with Gasteiger partial charge in [-0.25, -0.2) is 4.68 Å². The minimum atomic E-state index is -0.188. The summed E-state index contributed by atoms with van der Waals surface area (Å²) in [5.41, 5.74) is 0.368. The maximum absolute atomic E-state index is 12.1. The third-order valence-electron chi connectivity index (χ3n) is 4.09. The molecule has 1 aliphatic rings. The Morgan fingerprint density at radius 2 is 2.33 bits per heavy atom. The molecular formula is C14H25N5O2. The molecule has 0 radical (unpaired) electrons. The SMILES string of the molecule is CCC(CCO)CNC(=O)c1cn(C2CCNCC2)nn1. The van der Waals surface area contributed by atoms with Crippen LogP contribution in [-0.2, 0) is 0 Å². The molecule has 2 rings (SSSR count). The molecule has 1 amide bonds. The van der Waals surface area contributed by atoms with Crippen LogP contribution in [0.15, 0.2) is 6.20 Å². The number of aliphatic hydroxyl groups excluding tert-OH is 1. The summed E-state index contributed by atoms with van der Waals surface area (Å²) in [4.78, 5) is 12.1. The van der Waals surface area contributed by atoms with Crippen LogP contribution < -0.4 is 10.6 Å². The topological polar surface area (TPSA) is 92.1 Å². The number of amides is 1. The first-order valence-electron chi connectivity index (χ1n) is 7.76. The quantitative estimate of drug-likeness (QED) is 0.675. The van der Waals surface area contributed by atoms with Crippen LogP contribution in [0.3, 0.4) is 0 Å². The molecule has 0 saturated carbocycles. The number of aliphatic hydroxyl groups is 1. The Balaban J connectivity index is 1.86. The molecule has 7 heteroatoms. The van der Waals surface area contributed by atoms with E-state index in [-0.39, 0.29) is 12.5 Å². The molecule has 7 nitrogen and oxygen atoms in total. The molecular weight excluding hydrogens is 270 g/mol. The van der Waals surface area contributed by atoms with Crippen LogP contribution in [0, 0.1) is 5.92 Å². The van der Waals surface area contributed by atoms with Crippen LogP contribution in [0.2, 0.25) is 0 Å². The van der Waals surface area contributed by atoms with Gasteiger partial charge in [0.05, 0.1) is 12.2 Å². The van der Waals surface area contributed by atoms with E-state index in [9.17, 15) is 4.79 Å². The standard InChI is InChI=1S/C14H25N5O2/c1-2-11(5-8-20)9-16-14(21)13-10-19(18-17-13)12-3-6-15-7-4-12/h10-12,15,20H,2-9H2,1H3,(H,16,21). The summed E-state index contributed by atoms with van der Waals surface area (Å²) in [5.74, 6) is 0.116. The molecule has 1 aromatic rings. The fourth-order valence-electron chi connectivity index (χ4n) is 2.59. The summed E-state index contributed by atoms with van der Waals surface area (Å²) in [6.07, 6.45) is 5.40. The molecule has 21 heavy (non-hydrogen) atoms. The first-order chi connectivity index (χ1) is 10.2. The van der Waals surface area contributed by atoms with E-state index >= 15 is 0 Å². The number of hydrogen-bond donors (Lipinski definition) is 3. The molecule has 1 aromatic heterocycles. The van der Waals surface area contributed by atoms with Gasteiger partial charge in [-0.15, -0.1) is 5.10 Å². The molecule has 1 atom stereocenters. The number of aromatic nitrogens is 3. The normalized spacial score (nSPS) is 17.6. The van der Waals surface area contributed by atoms with Crippen molar-refractivity contribution in [3.63, 3.8) is 0 Å². The third-order valence-corrected chi connectivity index (χ3v) is 4.09. The highest BCUT2D eigenvalue weighted by Crippen LogP contribution is 2.17. The number of hydrogen-bond acceptors (Lipinski definition) is 5. The molecule has 0 spiro atoms. The van der Waals surface area contributed by atoms with Crippen molar-refractivity contribution < 1.29 is 9.90 Å². The first-order valence-corrected chi connectivity index (χ1v) is 7.76. The fourth-order valence-corrected chi connectivity index (χ4v) is 2.59. The molecule has 0 aromatic carbocycles. The number of piperidine rings is 1. The van der Waals surface area contributed by atoms with E-state index in [4.69, 9.17) is 5.11 Å². The lowest BCUT2D eigenvalue weighted by Gasteiger charge is -2.22. The van der Waals surface area contributed by atoms with Gasteiger partial charge in [-0.1, -0.05) is 18.6 Å². The van der Waals surface area contributed by atoms with Gasteiger partial charge in [0.2, 0.25) is 0 Å². The van der Waals surface area contributed by atoms with Gasteiger partial charge < -0.3 is 15.7 Å². The highest BCUT2D eigenvalue weighted by molar-refractivity contribution is 5.91. The summed E-state index contributed by atoms with van der Waals surface area (Å²) >= 11 is 0. The minimum absolute atomic E-state index is 0.153. The van der Waals surface area contributed by atoms with Gasteiger partial charge in [0.25, 0.3) is 5.91 Å². The Morgan fingerprint density at radius 3 is 3.00 bits per heavy atom. The van der Waals surface area contributed by atoms with E-state index < -0.39 is 0 Å². The Hall–Kier alpha value is -1.47. The number of nitrogens with one attached hydrogen (secondary N) is 2. The van der Waals surface area contributed by atoms with Crippen molar-refractivity contribution in [3.05, 3.63) is 11.9 Å². The molecule has 1 unspecified atom stereocenters. The summed E-state index contributed by atoms with van der Waals surface area (Å²) in [7, 11) is 0. The predicted molar refractivity (Wildman–Crippen MR) is 79.0 cm³/mol. The van der Waals surface area contributed by atoms with Crippen molar-refractivity contribution in [1.82, 2.24) is 25.6 Å². The fraction of sp³-hybridized carbons (Fsp3) is 0.786. The van der Waals surface area contributed by atoms with Crippen molar-refractivity contribution in [2.45, 2.75) is 38.6 Å². The second-order valence-corrected chi connectivity index (χ2v) is 5.56. The molecule has 1 aliphatic heterocycles. The zero-order valence-electron chi connectivity index (χ0n) is 12.6. The average Bonchev–Trinajstić information content (AvgIpc) is 3.02. The third kappa shape index (κ3) is 4.50. The molecule has 0 aliphatic carbocycles. The summed E-state index contributed by atoms with van der Waals surface area (Å²) < 4.78 is 1.81. The second-order valence-electron chi connectivity index (χ2n) is 5.56. The van der Waals surface area contributed by atoms with E-state index in [1.54, 1.807) is 10.9 Å². The van der Waals surface area contributed by atoms with Gasteiger partial charge in [0, 0.05) is 13.2 Å². The van der Waals surface area contributed by atoms with Crippen LogP contribution >= 0.6 is 0 Å². The lowest BCUT2D eigenvalue weighted by atomic mass is 10.0. The van der Waals surface area contributed by atoms with E-state index in [1.165, 1.54) is 0 Å². The molecule has 3 N–H and O–H groups in total. The van der Waals surface area contributed by atoms with Crippen molar-refractivity contribution in [2.24, 2.45) is 5.92 Å². The van der Waals surface area contributed by atoms with E-state index in [1.807, 2.05) is 0 Å². The van der Waals surface area contributed by atoms with Crippen molar-refractivity contribution in [2.75, 3.05) is 26.2 Å². The van der Waals surface area contributed by atoms with Gasteiger partial charge in [-0.05, 0) is 38.3 Å². The van der Waals surface area contributed by atoms with E-state index in [0.29, 0.717) is 30.6 Å². The van der Waals surface area contributed by atoms with Gasteiger partial charge in [0.15, 0.2) is 5.69 Å². The zero-order chi connectivity index (χ0) is 15.1. The maximum atomic E-state index is 12.1. The van der Waals surface area contributed by atoms with Crippen LogP contribution in [0.1, 0.15) is 49.1 Å². The number of carbonyl (C=O) groups is 1. The average molecular weight is 295 g/mol. The Kier molecular flexibility index (Phi) is 6.13. The number of rotatable bonds is 7. The predicted octanol–water partition coefficient (Wildman–Crippen LogP) is 0.341. The smallest absolute Gasteiger partial charge is 0.273 e. The van der Waals surface area contributed by atoms with Crippen molar-refractivity contribution in [1.29, 1.82) is 0 Å². The number of carbonyl (C=O) groups excluding carboxylic acids is 1. The van der Waals surface area contributed by atoms with Gasteiger partial charge >= 0.3 is 0 Å². The lowest BCUT2D eigenvalue weighted by Crippen LogP contribution is -2.30. The maximum Gasteiger partial charge on any atom is 0.273 e. The monoisotopic (exact) mass is 295 g/mol. The minimum Gasteiger partial charge on any atom is -0.396 e. The molecule has 1 saturated heterocycles. The van der Waals surface area contributed by atoms with E-state index in [0.717, 1.165) is 32.4 Å². The molecule has 0 bridgehead atoms. The molecule has 2 heterocycles. The van der Waals surface area contributed by atoms with Crippen LogP contribution in [0.4, 0.5) is 0 Å². The van der Waals surface area contributed by atoms with E-state index in [2.05, 4.69) is 27.9 Å². The highest BCUT2D eigenvalue weighted by Gasteiger charge is 2.19. The first kappa shape index (κ1) is 15.9.